The number of para-hydroxylation sites is 1. The summed E-state index contributed by atoms with van der Waals surface area (Å²) in [5, 5.41) is 13.6. The molecular weight excluding hydrogens is 458 g/mol. The zero-order valence-corrected chi connectivity index (χ0v) is 18.4. The van der Waals surface area contributed by atoms with Crippen molar-refractivity contribution in [2.45, 2.75) is 0 Å². The third kappa shape index (κ3) is 7.59. The average Bonchev–Trinajstić information content (AvgIpc) is 2.81. The van der Waals surface area contributed by atoms with E-state index in [4.69, 9.17) is 11.6 Å². The predicted molar refractivity (Wildman–Crippen MR) is 120 cm³/mol. The van der Waals surface area contributed by atoms with E-state index < -0.39 is 4.92 Å². The molecule has 15 nitrogen and oxygen atoms in total. The lowest BCUT2D eigenvalue weighted by Gasteiger charge is -2.11. The number of aromatic nitrogens is 4. The summed E-state index contributed by atoms with van der Waals surface area (Å²) in [6, 6.07) is 6.59. The Kier molecular flexibility index (Phi) is 8.81. The molecule has 3 aromatic rings. The molecule has 0 saturated carbocycles. The lowest BCUT2D eigenvalue weighted by molar-refractivity contribution is -0.385. The average molecular weight is 478 g/mol. The van der Waals surface area contributed by atoms with Crippen LogP contribution < -0.4 is 27.0 Å². The van der Waals surface area contributed by atoms with Crippen molar-refractivity contribution in [3.8, 4) is 0 Å². The van der Waals surface area contributed by atoms with Crippen LogP contribution in [0.4, 0.5) is 27.0 Å². The Morgan fingerprint density at radius 2 is 1.73 bits per heavy atom. The van der Waals surface area contributed by atoms with E-state index in [-0.39, 0.29) is 29.0 Å². The van der Waals surface area contributed by atoms with Gasteiger partial charge in [0.15, 0.2) is 5.82 Å². The largest absolute Gasteiger partial charge is 0.340 e. The maximum atomic E-state index is 11.1. The van der Waals surface area contributed by atoms with Crippen LogP contribution in [-0.4, -0.2) is 63.0 Å². The van der Waals surface area contributed by atoms with Gasteiger partial charge in [-0.15, -0.1) is 0 Å². The summed E-state index contributed by atoms with van der Waals surface area (Å²) in [6.07, 6.45) is 2.08. The van der Waals surface area contributed by atoms with E-state index in [1.807, 2.05) is 24.3 Å². The summed E-state index contributed by atoms with van der Waals surface area (Å²) in [5.74, 6) is 0.519. The minimum Gasteiger partial charge on any atom is -0.340 e. The van der Waals surface area contributed by atoms with Crippen LogP contribution in [0.15, 0.2) is 36.7 Å². The fraction of sp³-hybridized carbons (Fsp3) is 0.176. The van der Waals surface area contributed by atoms with Crippen LogP contribution in [0.1, 0.15) is 0 Å². The molecule has 2 heterocycles. The third-order valence-corrected chi connectivity index (χ3v) is 3.80. The highest BCUT2D eigenvalue weighted by molar-refractivity contribution is 6.28. The lowest BCUT2D eigenvalue weighted by atomic mass is 10.2. The van der Waals surface area contributed by atoms with Gasteiger partial charge in [-0.3, -0.25) is 26.4 Å². The SMILES string of the molecule is CN(C)C(=O)NNc1ncc([N+](=O)[O-])cn1.CNC(=O)NNc1nc(Cl)nc2ccccc12. The van der Waals surface area contributed by atoms with Crippen molar-refractivity contribution in [1.82, 2.24) is 41.0 Å². The summed E-state index contributed by atoms with van der Waals surface area (Å²) >= 11 is 5.78. The Labute approximate surface area is 192 Å². The Balaban J connectivity index is 0.000000234. The van der Waals surface area contributed by atoms with Crippen molar-refractivity contribution in [3.63, 3.8) is 0 Å². The molecule has 0 radical (unpaired) electrons. The quantitative estimate of drug-likeness (QED) is 0.204. The number of anilines is 2. The van der Waals surface area contributed by atoms with E-state index in [2.05, 4.69) is 47.0 Å². The number of amides is 4. The van der Waals surface area contributed by atoms with E-state index in [1.165, 1.54) is 11.9 Å². The van der Waals surface area contributed by atoms with Gasteiger partial charge in [0.1, 0.15) is 12.4 Å². The summed E-state index contributed by atoms with van der Waals surface area (Å²) in [4.78, 5) is 48.5. The van der Waals surface area contributed by atoms with Crippen LogP contribution in [0.3, 0.4) is 0 Å². The predicted octanol–water partition coefficient (Wildman–Crippen LogP) is 1.52. The van der Waals surface area contributed by atoms with Crippen molar-refractivity contribution >= 4 is 52.0 Å². The van der Waals surface area contributed by atoms with E-state index in [1.54, 1.807) is 14.1 Å². The van der Waals surface area contributed by atoms with Crippen molar-refractivity contribution < 1.29 is 14.5 Å². The summed E-state index contributed by atoms with van der Waals surface area (Å²) in [6.45, 7) is 0. The van der Waals surface area contributed by atoms with E-state index in [9.17, 15) is 19.7 Å². The molecule has 1 aromatic carbocycles. The maximum Gasteiger partial charge on any atom is 0.335 e. The minimum atomic E-state index is -0.609. The first-order valence-electron chi connectivity index (χ1n) is 9.07. The van der Waals surface area contributed by atoms with Crippen LogP contribution in [0.25, 0.3) is 10.9 Å². The first-order chi connectivity index (χ1) is 15.7. The fourth-order valence-electron chi connectivity index (χ4n) is 2.02. The Hall–Kier alpha value is -4.53. The molecular formula is C17H20ClN11O4. The number of hydrogen-bond acceptors (Lipinski definition) is 10. The fourth-order valence-corrected chi connectivity index (χ4v) is 2.20. The number of benzene rings is 1. The van der Waals surface area contributed by atoms with Crippen molar-refractivity contribution in [3.05, 3.63) is 52.1 Å². The Morgan fingerprint density at radius 3 is 2.33 bits per heavy atom. The number of carbonyl (C=O) groups is 2. The number of halogens is 1. The van der Waals surface area contributed by atoms with Crippen molar-refractivity contribution in [1.29, 1.82) is 0 Å². The number of nitrogens with one attached hydrogen (secondary N) is 5. The van der Waals surface area contributed by atoms with Crippen LogP contribution in [-0.2, 0) is 0 Å². The molecule has 0 aliphatic rings. The number of urea groups is 2. The second-order valence-corrected chi connectivity index (χ2v) is 6.50. The number of carbonyl (C=O) groups excluding carboxylic acids is 2. The minimum absolute atomic E-state index is 0.0702. The van der Waals surface area contributed by atoms with Gasteiger partial charge >= 0.3 is 17.7 Å². The van der Waals surface area contributed by atoms with Gasteiger partial charge in [-0.25, -0.2) is 30.0 Å². The molecule has 4 amide bonds. The molecule has 0 saturated heterocycles. The van der Waals surface area contributed by atoms with Crippen LogP contribution >= 0.6 is 11.6 Å². The second kappa shape index (κ2) is 11.8. The molecule has 0 unspecified atom stereocenters. The Morgan fingerprint density at radius 1 is 1.06 bits per heavy atom. The molecule has 5 N–H and O–H groups in total. The van der Waals surface area contributed by atoms with Crippen molar-refractivity contribution in [2.75, 3.05) is 32.0 Å². The van der Waals surface area contributed by atoms with Crippen molar-refractivity contribution in [2.24, 2.45) is 0 Å². The van der Waals surface area contributed by atoms with Gasteiger partial charge in [-0.05, 0) is 23.7 Å². The highest BCUT2D eigenvalue weighted by Crippen LogP contribution is 2.20. The molecule has 0 fully saturated rings. The van der Waals surface area contributed by atoms with Crippen LogP contribution in [0.5, 0.6) is 0 Å². The number of rotatable bonds is 5. The van der Waals surface area contributed by atoms with E-state index >= 15 is 0 Å². The second-order valence-electron chi connectivity index (χ2n) is 6.16. The Bertz CT molecular complexity index is 1130. The standard InChI is InChI=1S/C10H10ClN5O.C7H10N6O3/c1-12-10(17)16-15-8-6-4-2-3-5-7(6)13-9(11)14-8;1-12(2)7(14)11-10-6-8-3-5(4-9-6)13(15)16/h2-5H,1H3,(H2,12,16,17)(H,13,14,15);3-4H,1-2H3,(H,11,14)(H,8,9,10). The highest BCUT2D eigenvalue weighted by atomic mass is 35.5. The molecule has 0 aliphatic carbocycles. The van der Waals surface area contributed by atoms with Gasteiger partial charge in [0.2, 0.25) is 11.2 Å². The van der Waals surface area contributed by atoms with Crippen LogP contribution in [0.2, 0.25) is 5.28 Å². The highest BCUT2D eigenvalue weighted by Gasteiger charge is 2.08. The summed E-state index contributed by atoms with van der Waals surface area (Å²) in [5.41, 5.74) is 10.3. The molecule has 0 atom stereocenters. The summed E-state index contributed by atoms with van der Waals surface area (Å²) < 4.78 is 0. The van der Waals surface area contributed by atoms with Gasteiger partial charge < -0.3 is 10.2 Å². The number of hydrazine groups is 2. The first-order valence-corrected chi connectivity index (χ1v) is 9.44. The molecule has 3 rings (SSSR count). The number of nitrogens with zero attached hydrogens (tertiary/aromatic N) is 6. The molecule has 0 spiro atoms. The number of fused-ring (bicyclic) bond motifs is 1. The third-order valence-electron chi connectivity index (χ3n) is 3.63. The smallest absolute Gasteiger partial charge is 0.335 e. The monoisotopic (exact) mass is 477 g/mol. The molecule has 16 heteroatoms. The maximum absolute atomic E-state index is 11.1. The normalized spacial score (nSPS) is 9.70. The van der Waals surface area contributed by atoms with Gasteiger partial charge in [-0.1, -0.05) is 12.1 Å². The van der Waals surface area contributed by atoms with Gasteiger partial charge in [0.25, 0.3) is 0 Å². The zero-order chi connectivity index (χ0) is 24.4. The van der Waals surface area contributed by atoms with E-state index in [0.717, 1.165) is 17.8 Å². The van der Waals surface area contributed by atoms with Gasteiger partial charge in [0, 0.05) is 26.5 Å². The van der Waals surface area contributed by atoms with Gasteiger partial charge in [-0.2, -0.15) is 4.98 Å². The lowest BCUT2D eigenvalue weighted by Crippen LogP contribution is -2.38. The molecule has 2 aromatic heterocycles. The topological polar surface area (TPSA) is 192 Å². The molecule has 33 heavy (non-hydrogen) atoms. The molecule has 174 valence electrons. The van der Waals surface area contributed by atoms with E-state index in [0.29, 0.717) is 11.3 Å². The van der Waals surface area contributed by atoms with Gasteiger partial charge in [0.05, 0.1) is 10.4 Å². The zero-order valence-electron chi connectivity index (χ0n) is 17.7. The van der Waals surface area contributed by atoms with Crippen LogP contribution in [0, 0.1) is 10.1 Å². The first kappa shape index (κ1) is 24.7. The number of hydrogen-bond donors (Lipinski definition) is 5. The number of nitro groups is 1. The summed E-state index contributed by atoms with van der Waals surface area (Å²) in [7, 11) is 4.64. The molecule has 0 bridgehead atoms. The molecule has 0 aliphatic heterocycles.